The molecule has 0 unspecified atom stereocenters. The summed E-state index contributed by atoms with van der Waals surface area (Å²) in [4.78, 5) is 13.7. The summed E-state index contributed by atoms with van der Waals surface area (Å²) in [5.41, 5.74) is 2.14. The molecule has 0 aliphatic carbocycles. The molecule has 1 amide bonds. The van der Waals surface area contributed by atoms with Gasteiger partial charge in [-0.3, -0.25) is 9.90 Å². The first-order valence-corrected chi connectivity index (χ1v) is 7.27. The number of hydrogen-bond donors (Lipinski definition) is 0. The molecule has 3 rings (SSSR count). The Morgan fingerprint density at radius 1 is 1.04 bits per heavy atom. The van der Waals surface area contributed by atoms with Gasteiger partial charge in [-0.05, 0) is 47.9 Å². The van der Waals surface area contributed by atoms with Gasteiger partial charge in [0.2, 0.25) is 5.91 Å². The summed E-state index contributed by atoms with van der Waals surface area (Å²) in [7, 11) is 0. The molecule has 125 valence electrons. The van der Waals surface area contributed by atoms with Crippen LogP contribution in [0.15, 0.2) is 42.5 Å². The van der Waals surface area contributed by atoms with Gasteiger partial charge in [0.15, 0.2) is 5.75 Å². The van der Waals surface area contributed by atoms with Crippen LogP contribution in [0, 0.1) is 0 Å². The minimum Gasteiger partial charge on any atom is -0.406 e. The zero-order valence-corrected chi connectivity index (χ0v) is 12.5. The van der Waals surface area contributed by atoms with Crippen molar-refractivity contribution >= 4 is 11.6 Å². The van der Waals surface area contributed by atoms with Gasteiger partial charge >= 0.3 is 6.36 Å². The average molecular weight is 336 g/mol. The van der Waals surface area contributed by atoms with Crippen LogP contribution in [0.3, 0.4) is 0 Å². The SMILES string of the molecule is [O]c1ccc2c(c1)CCC(=O)N2Cc1ccc(OC(F)(F)F)cc1. The molecule has 1 heterocycles. The molecule has 24 heavy (non-hydrogen) atoms. The van der Waals surface area contributed by atoms with Gasteiger partial charge in [0.25, 0.3) is 0 Å². The number of fused-ring (bicyclic) bond motifs is 1. The third-order valence-corrected chi connectivity index (χ3v) is 3.75. The zero-order chi connectivity index (χ0) is 17.3. The summed E-state index contributed by atoms with van der Waals surface area (Å²) in [6.45, 7) is 0.219. The highest BCUT2D eigenvalue weighted by Gasteiger charge is 2.31. The third kappa shape index (κ3) is 3.61. The zero-order valence-electron chi connectivity index (χ0n) is 12.5. The summed E-state index contributed by atoms with van der Waals surface area (Å²) >= 11 is 0. The van der Waals surface area contributed by atoms with Crippen molar-refractivity contribution in [1.82, 2.24) is 0 Å². The predicted molar refractivity (Wildman–Crippen MR) is 79.2 cm³/mol. The first-order chi connectivity index (χ1) is 11.3. The average Bonchev–Trinajstić information content (AvgIpc) is 2.50. The molecule has 0 fully saturated rings. The molecule has 2 aromatic rings. The molecule has 4 nitrogen and oxygen atoms in total. The summed E-state index contributed by atoms with van der Waals surface area (Å²) in [6, 6.07) is 9.88. The second kappa shape index (κ2) is 6.07. The number of hydrogen-bond acceptors (Lipinski definition) is 2. The lowest BCUT2D eigenvalue weighted by atomic mass is 10.00. The van der Waals surface area contributed by atoms with E-state index in [2.05, 4.69) is 4.74 Å². The number of amides is 1. The molecule has 0 atom stereocenters. The van der Waals surface area contributed by atoms with E-state index >= 15 is 0 Å². The van der Waals surface area contributed by atoms with Crippen LogP contribution in [0.1, 0.15) is 17.5 Å². The molecule has 0 aromatic heterocycles. The summed E-state index contributed by atoms with van der Waals surface area (Å²) in [5, 5.41) is 11.4. The van der Waals surface area contributed by atoms with Crippen LogP contribution in [0.4, 0.5) is 18.9 Å². The van der Waals surface area contributed by atoms with E-state index in [0.29, 0.717) is 24.1 Å². The van der Waals surface area contributed by atoms with Crippen molar-refractivity contribution in [3.05, 3.63) is 53.6 Å². The molecule has 0 saturated carbocycles. The number of benzene rings is 2. The Balaban J connectivity index is 1.80. The van der Waals surface area contributed by atoms with Crippen molar-refractivity contribution < 1.29 is 27.8 Å². The molecule has 0 spiro atoms. The number of rotatable bonds is 3. The minimum atomic E-state index is -4.74. The van der Waals surface area contributed by atoms with E-state index in [1.54, 1.807) is 6.07 Å². The van der Waals surface area contributed by atoms with Crippen LogP contribution in [-0.4, -0.2) is 12.3 Å². The fourth-order valence-electron chi connectivity index (χ4n) is 2.69. The van der Waals surface area contributed by atoms with Crippen molar-refractivity contribution in [2.45, 2.75) is 25.7 Å². The first kappa shape index (κ1) is 16.2. The predicted octanol–water partition coefficient (Wildman–Crippen LogP) is 4.21. The van der Waals surface area contributed by atoms with Gasteiger partial charge in [-0.15, -0.1) is 13.2 Å². The maximum atomic E-state index is 12.2. The highest BCUT2D eigenvalue weighted by Crippen LogP contribution is 2.32. The molecule has 0 saturated heterocycles. The quantitative estimate of drug-likeness (QED) is 0.843. The van der Waals surface area contributed by atoms with Crippen molar-refractivity contribution in [2.24, 2.45) is 0 Å². The molecule has 1 aliphatic rings. The molecular weight excluding hydrogens is 323 g/mol. The topological polar surface area (TPSA) is 49.4 Å². The minimum absolute atomic E-state index is 0.0863. The number of anilines is 1. The molecule has 1 aliphatic heterocycles. The fourth-order valence-corrected chi connectivity index (χ4v) is 2.69. The lowest BCUT2D eigenvalue weighted by molar-refractivity contribution is -0.274. The van der Waals surface area contributed by atoms with E-state index in [0.717, 1.165) is 5.56 Å². The molecule has 1 radical (unpaired) electrons. The molecule has 7 heteroatoms. The normalized spacial score (nSPS) is 14.5. The van der Waals surface area contributed by atoms with Gasteiger partial charge in [-0.1, -0.05) is 12.1 Å². The van der Waals surface area contributed by atoms with Gasteiger partial charge in [0.05, 0.1) is 6.54 Å². The van der Waals surface area contributed by atoms with E-state index in [4.69, 9.17) is 0 Å². The van der Waals surface area contributed by atoms with E-state index < -0.39 is 6.36 Å². The van der Waals surface area contributed by atoms with Crippen LogP contribution >= 0.6 is 0 Å². The van der Waals surface area contributed by atoms with Crippen LogP contribution in [0.2, 0.25) is 0 Å². The number of alkyl halides is 3. The Bertz CT molecular complexity index is 757. The summed E-state index contributed by atoms with van der Waals surface area (Å²) < 4.78 is 40.3. The second-order valence-corrected chi connectivity index (χ2v) is 5.46. The number of carbonyl (C=O) groups is 1. The van der Waals surface area contributed by atoms with Crippen LogP contribution in [0.5, 0.6) is 11.5 Å². The fraction of sp³-hybridized carbons (Fsp3) is 0.235. The standard InChI is InChI=1S/C17H13F3NO3/c18-17(19,20)24-14-5-1-11(2-6-14)10-21-15-7-4-13(22)9-12(15)3-8-16(21)23/h1-2,4-7,9H,3,8,10H2. The van der Waals surface area contributed by atoms with Crippen molar-refractivity contribution in [3.8, 4) is 11.5 Å². The van der Waals surface area contributed by atoms with E-state index in [-0.39, 0.29) is 24.0 Å². The highest BCUT2D eigenvalue weighted by atomic mass is 19.4. The molecule has 0 N–H and O–H groups in total. The van der Waals surface area contributed by atoms with Crippen molar-refractivity contribution in [1.29, 1.82) is 0 Å². The second-order valence-electron chi connectivity index (χ2n) is 5.46. The van der Waals surface area contributed by atoms with Gasteiger partial charge in [-0.25, -0.2) is 0 Å². The largest absolute Gasteiger partial charge is 0.573 e. The van der Waals surface area contributed by atoms with Crippen LogP contribution in [0.25, 0.3) is 0 Å². The van der Waals surface area contributed by atoms with E-state index in [9.17, 15) is 23.1 Å². The Hall–Kier alpha value is -2.70. The van der Waals surface area contributed by atoms with Crippen LogP contribution < -0.4 is 9.64 Å². The number of carbonyl (C=O) groups excluding carboxylic acids is 1. The number of nitrogens with zero attached hydrogens (tertiary/aromatic N) is 1. The maximum absolute atomic E-state index is 12.2. The monoisotopic (exact) mass is 336 g/mol. The van der Waals surface area contributed by atoms with Gasteiger partial charge < -0.3 is 9.64 Å². The summed E-state index contributed by atoms with van der Waals surface area (Å²) in [6.07, 6.45) is -3.93. The Labute approximate surface area is 136 Å². The number of halogens is 3. The van der Waals surface area contributed by atoms with Gasteiger partial charge in [0, 0.05) is 12.1 Å². The Morgan fingerprint density at radius 3 is 2.42 bits per heavy atom. The first-order valence-electron chi connectivity index (χ1n) is 7.27. The van der Waals surface area contributed by atoms with Crippen LogP contribution in [-0.2, 0) is 22.9 Å². The third-order valence-electron chi connectivity index (χ3n) is 3.75. The van der Waals surface area contributed by atoms with E-state index in [1.165, 1.54) is 41.3 Å². The van der Waals surface area contributed by atoms with Gasteiger partial charge in [0.1, 0.15) is 5.75 Å². The number of aryl methyl sites for hydroxylation is 1. The summed E-state index contributed by atoms with van der Waals surface area (Å²) in [5.74, 6) is -0.513. The lowest BCUT2D eigenvalue weighted by Gasteiger charge is -2.29. The van der Waals surface area contributed by atoms with Gasteiger partial charge in [-0.2, -0.15) is 0 Å². The molecule has 0 bridgehead atoms. The Morgan fingerprint density at radius 2 is 1.75 bits per heavy atom. The lowest BCUT2D eigenvalue weighted by Crippen LogP contribution is -2.34. The number of ether oxygens (including phenoxy) is 1. The highest BCUT2D eigenvalue weighted by molar-refractivity contribution is 5.96. The molecular formula is C17H13F3NO3. The molecule has 2 aromatic carbocycles. The van der Waals surface area contributed by atoms with E-state index in [1.807, 2.05) is 0 Å². The Kier molecular flexibility index (Phi) is 4.09. The smallest absolute Gasteiger partial charge is 0.406 e. The maximum Gasteiger partial charge on any atom is 0.573 e. The van der Waals surface area contributed by atoms with Crippen molar-refractivity contribution in [2.75, 3.05) is 4.90 Å². The van der Waals surface area contributed by atoms with Crippen molar-refractivity contribution in [3.63, 3.8) is 0 Å².